The average Bonchev–Trinajstić information content (AvgIpc) is 2.39. The van der Waals surface area contributed by atoms with E-state index in [-0.39, 0.29) is 11.7 Å². The number of amides is 1. The monoisotopic (exact) mass is 279 g/mol. The summed E-state index contributed by atoms with van der Waals surface area (Å²) in [5.74, 6) is -0.430. The molecule has 1 aliphatic heterocycles. The number of nitrogens with one attached hydrogen (secondary N) is 2. The molecule has 20 heavy (non-hydrogen) atoms. The van der Waals surface area contributed by atoms with Crippen molar-refractivity contribution in [3.8, 4) is 0 Å². The Bertz CT molecular complexity index is 450. The van der Waals surface area contributed by atoms with Crippen molar-refractivity contribution in [2.45, 2.75) is 25.8 Å². The zero-order valence-electron chi connectivity index (χ0n) is 11.9. The molecule has 1 saturated heterocycles. The van der Waals surface area contributed by atoms with Crippen molar-refractivity contribution in [2.24, 2.45) is 0 Å². The first-order valence-electron chi connectivity index (χ1n) is 7.18. The Morgan fingerprint density at radius 3 is 3.10 bits per heavy atom. The average molecular weight is 279 g/mol. The highest BCUT2D eigenvalue weighted by atomic mass is 19.1. The fourth-order valence-corrected chi connectivity index (χ4v) is 2.62. The minimum atomic E-state index is -0.340. The number of carbonyl (C=O) groups is 1. The molecule has 1 unspecified atom stereocenters. The van der Waals surface area contributed by atoms with E-state index in [0.29, 0.717) is 18.3 Å². The lowest BCUT2D eigenvalue weighted by Crippen LogP contribution is -2.47. The Kier molecular flexibility index (Phi) is 5.49. The van der Waals surface area contributed by atoms with Crippen molar-refractivity contribution >= 4 is 11.6 Å². The predicted molar refractivity (Wildman–Crippen MR) is 78.2 cm³/mol. The maximum absolute atomic E-state index is 13.0. The zero-order chi connectivity index (χ0) is 14.4. The number of piperidine rings is 1. The van der Waals surface area contributed by atoms with Gasteiger partial charge in [0.25, 0.3) is 0 Å². The number of rotatable bonds is 5. The van der Waals surface area contributed by atoms with E-state index < -0.39 is 0 Å². The molecular formula is C15H22FN3O. The molecule has 0 aromatic heterocycles. The Morgan fingerprint density at radius 1 is 1.50 bits per heavy atom. The molecule has 0 radical (unpaired) electrons. The highest BCUT2D eigenvalue weighted by Crippen LogP contribution is 2.11. The highest BCUT2D eigenvalue weighted by molar-refractivity contribution is 5.92. The van der Waals surface area contributed by atoms with Crippen LogP contribution in [0.5, 0.6) is 0 Å². The van der Waals surface area contributed by atoms with Crippen LogP contribution in [0.1, 0.15) is 19.8 Å². The molecule has 4 nitrogen and oxygen atoms in total. The van der Waals surface area contributed by atoms with Gasteiger partial charge in [0, 0.05) is 18.3 Å². The summed E-state index contributed by atoms with van der Waals surface area (Å²) in [4.78, 5) is 14.1. The maximum atomic E-state index is 13.0. The minimum absolute atomic E-state index is 0.0900. The fraction of sp³-hybridized carbons (Fsp3) is 0.533. The molecule has 1 atom stereocenters. The fourth-order valence-electron chi connectivity index (χ4n) is 2.62. The van der Waals surface area contributed by atoms with Gasteiger partial charge in [-0.3, -0.25) is 9.69 Å². The molecule has 2 rings (SSSR count). The van der Waals surface area contributed by atoms with E-state index >= 15 is 0 Å². The van der Waals surface area contributed by atoms with Crippen LogP contribution in [0, 0.1) is 5.82 Å². The second-order valence-electron chi connectivity index (χ2n) is 5.19. The van der Waals surface area contributed by atoms with Crippen LogP contribution in [-0.4, -0.2) is 43.0 Å². The normalized spacial score (nSPS) is 19.8. The smallest absolute Gasteiger partial charge is 0.238 e. The lowest BCUT2D eigenvalue weighted by Gasteiger charge is -2.32. The summed E-state index contributed by atoms with van der Waals surface area (Å²) in [5, 5.41) is 6.16. The lowest BCUT2D eigenvalue weighted by atomic mass is 10.1. The first-order valence-corrected chi connectivity index (χ1v) is 7.18. The van der Waals surface area contributed by atoms with Gasteiger partial charge in [0.2, 0.25) is 5.91 Å². The number of halogens is 1. The van der Waals surface area contributed by atoms with Crippen LogP contribution in [0.15, 0.2) is 24.3 Å². The van der Waals surface area contributed by atoms with E-state index in [2.05, 4.69) is 22.5 Å². The quantitative estimate of drug-likeness (QED) is 0.864. The second kappa shape index (κ2) is 7.36. The molecule has 1 aromatic carbocycles. The van der Waals surface area contributed by atoms with Gasteiger partial charge >= 0.3 is 0 Å². The van der Waals surface area contributed by atoms with Gasteiger partial charge < -0.3 is 10.6 Å². The Hall–Kier alpha value is -1.46. The summed E-state index contributed by atoms with van der Waals surface area (Å²) in [7, 11) is 0. The molecule has 0 bridgehead atoms. The Labute approximate surface area is 119 Å². The number of carbonyl (C=O) groups excluding carboxylic acids is 1. The van der Waals surface area contributed by atoms with E-state index in [1.807, 2.05) is 0 Å². The zero-order valence-corrected chi connectivity index (χ0v) is 11.9. The van der Waals surface area contributed by atoms with E-state index in [1.165, 1.54) is 12.1 Å². The summed E-state index contributed by atoms with van der Waals surface area (Å²) in [5.41, 5.74) is 0.509. The van der Waals surface area contributed by atoms with Crippen molar-refractivity contribution in [3.05, 3.63) is 30.1 Å². The molecule has 5 heteroatoms. The van der Waals surface area contributed by atoms with Crippen molar-refractivity contribution < 1.29 is 9.18 Å². The standard InChI is InChI=1S/C15H22FN3O/c1-2-17-14-7-4-8-19(10-14)11-15(20)18-13-6-3-5-12(16)9-13/h3,5-6,9,14,17H,2,4,7-8,10-11H2,1H3,(H,18,20). The third-order valence-corrected chi connectivity index (χ3v) is 3.47. The maximum Gasteiger partial charge on any atom is 0.238 e. The van der Waals surface area contributed by atoms with Crippen LogP contribution in [0.25, 0.3) is 0 Å². The van der Waals surface area contributed by atoms with Crippen molar-refractivity contribution in [2.75, 3.05) is 31.5 Å². The SMILES string of the molecule is CCNC1CCCN(CC(=O)Nc2cccc(F)c2)C1. The number of benzene rings is 1. The number of anilines is 1. The molecular weight excluding hydrogens is 257 g/mol. The van der Waals surface area contributed by atoms with Crippen molar-refractivity contribution in [1.82, 2.24) is 10.2 Å². The van der Waals surface area contributed by atoms with Crippen LogP contribution in [0.4, 0.5) is 10.1 Å². The summed E-state index contributed by atoms with van der Waals surface area (Å²) < 4.78 is 13.0. The van der Waals surface area contributed by atoms with Gasteiger partial charge in [-0.15, -0.1) is 0 Å². The van der Waals surface area contributed by atoms with Crippen LogP contribution >= 0.6 is 0 Å². The number of likely N-dealkylation sites (N-methyl/N-ethyl adjacent to an activating group) is 1. The molecule has 1 fully saturated rings. The molecule has 0 saturated carbocycles. The highest BCUT2D eigenvalue weighted by Gasteiger charge is 2.20. The van der Waals surface area contributed by atoms with E-state index in [1.54, 1.807) is 12.1 Å². The summed E-state index contributed by atoms with van der Waals surface area (Å²) in [6.45, 7) is 5.24. The molecule has 2 N–H and O–H groups in total. The summed E-state index contributed by atoms with van der Waals surface area (Å²) >= 11 is 0. The summed E-state index contributed by atoms with van der Waals surface area (Å²) in [6.07, 6.45) is 2.26. The number of hydrogen-bond acceptors (Lipinski definition) is 3. The Morgan fingerprint density at radius 2 is 2.35 bits per heavy atom. The van der Waals surface area contributed by atoms with E-state index in [9.17, 15) is 9.18 Å². The van der Waals surface area contributed by atoms with E-state index in [0.717, 1.165) is 32.5 Å². The first kappa shape index (κ1) is 14.9. The topological polar surface area (TPSA) is 44.4 Å². The lowest BCUT2D eigenvalue weighted by molar-refractivity contribution is -0.117. The molecule has 1 aromatic rings. The molecule has 0 spiro atoms. The van der Waals surface area contributed by atoms with Gasteiger partial charge in [0.1, 0.15) is 5.82 Å². The van der Waals surface area contributed by atoms with Gasteiger partial charge in [-0.05, 0) is 44.1 Å². The van der Waals surface area contributed by atoms with Crippen LogP contribution in [0.3, 0.4) is 0 Å². The number of nitrogens with zero attached hydrogens (tertiary/aromatic N) is 1. The van der Waals surface area contributed by atoms with Crippen LogP contribution in [0.2, 0.25) is 0 Å². The molecule has 1 amide bonds. The van der Waals surface area contributed by atoms with Gasteiger partial charge in [0.05, 0.1) is 6.54 Å². The van der Waals surface area contributed by atoms with Gasteiger partial charge in [-0.2, -0.15) is 0 Å². The van der Waals surface area contributed by atoms with Crippen molar-refractivity contribution in [1.29, 1.82) is 0 Å². The van der Waals surface area contributed by atoms with E-state index in [4.69, 9.17) is 0 Å². The molecule has 110 valence electrons. The van der Waals surface area contributed by atoms with Gasteiger partial charge in [-0.1, -0.05) is 13.0 Å². The third-order valence-electron chi connectivity index (χ3n) is 3.47. The minimum Gasteiger partial charge on any atom is -0.325 e. The molecule has 1 aliphatic rings. The van der Waals surface area contributed by atoms with Gasteiger partial charge in [-0.25, -0.2) is 4.39 Å². The third kappa shape index (κ3) is 4.58. The first-order chi connectivity index (χ1) is 9.67. The molecule has 0 aliphatic carbocycles. The predicted octanol–water partition coefficient (Wildman–Crippen LogP) is 1.84. The number of likely N-dealkylation sites (tertiary alicyclic amines) is 1. The second-order valence-corrected chi connectivity index (χ2v) is 5.19. The molecule has 1 heterocycles. The Balaban J connectivity index is 1.82. The van der Waals surface area contributed by atoms with Crippen LogP contribution in [-0.2, 0) is 4.79 Å². The summed E-state index contributed by atoms with van der Waals surface area (Å²) in [6, 6.07) is 6.44. The largest absolute Gasteiger partial charge is 0.325 e. The van der Waals surface area contributed by atoms with Gasteiger partial charge in [0.15, 0.2) is 0 Å². The van der Waals surface area contributed by atoms with Crippen molar-refractivity contribution in [3.63, 3.8) is 0 Å². The van der Waals surface area contributed by atoms with Crippen LogP contribution < -0.4 is 10.6 Å². The number of hydrogen-bond donors (Lipinski definition) is 2.